The van der Waals surface area contributed by atoms with Crippen molar-refractivity contribution in [2.75, 3.05) is 13.2 Å². The first kappa shape index (κ1) is 7.42. The van der Waals surface area contributed by atoms with Gasteiger partial charge in [0.15, 0.2) is 0 Å². The van der Waals surface area contributed by atoms with Gasteiger partial charge >= 0.3 is 0 Å². The van der Waals surface area contributed by atoms with E-state index < -0.39 is 0 Å². The zero-order valence-corrected chi connectivity index (χ0v) is 6.90. The van der Waals surface area contributed by atoms with Crippen molar-refractivity contribution in [3.63, 3.8) is 0 Å². The zero-order valence-electron chi connectivity index (χ0n) is 6.00. The van der Waals surface area contributed by atoms with Crippen molar-refractivity contribution in [1.29, 1.82) is 0 Å². The lowest BCUT2D eigenvalue weighted by molar-refractivity contribution is 0.0329. The minimum Gasteiger partial charge on any atom is -0.381 e. The van der Waals surface area contributed by atoms with Crippen LogP contribution in [0.1, 0.15) is 13.8 Å². The van der Waals surface area contributed by atoms with E-state index in [1.165, 1.54) is 0 Å². The molecule has 9 heavy (non-hydrogen) atoms. The van der Waals surface area contributed by atoms with Crippen molar-refractivity contribution >= 4 is 12.6 Å². The average molecular weight is 146 g/mol. The second-order valence-electron chi connectivity index (χ2n) is 2.98. The first-order valence-electron chi connectivity index (χ1n) is 3.47. The van der Waals surface area contributed by atoms with Crippen LogP contribution in [-0.4, -0.2) is 18.5 Å². The van der Waals surface area contributed by atoms with Gasteiger partial charge in [-0.3, -0.25) is 0 Å². The standard InChI is InChI=1S/C7H14OS/c1-5-3-8-4-6(2)7(5)9/h5-7,9H,3-4H2,1-2H3/t5-,6-/m0/s1. The molecule has 1 fully saturated rings. The van der Waals surface area contributed by atoms with Gasteiger partial charge in [0.2, 0.25) is 0 Å². The molecule has 0 amide bonds. The van der Waals surface area contributed by atoms with Gasteiger partial charge in [-0.25, -0.2) is 0 Å². The van der Waals surface area contributed by atoms with Crippen molar-refractivity contribution < 1.29 is 4.74 Å². The molecule has 0 aromatic carbocycles. The topological polar surface area (TPSA) is 9.23 Å². The third-order valence-corrected chi connectivity index (χ3v) is 2.95. The molecule has 0 saturated carbocycles. The van der Waals surface area contributed by atoms with E-state index in [0.29, 0.717) is 17.1 Å². The molecule has 0 bridgehead atoms. The van der Waals surface area contributed by atoms with Crippen molar-refractivity contribution in [2.45, 2.75) is 19.1 Å². The number of thiol groups is 1. The van der Waals surface area contributed by atoms with E-state index in [9.17, 15) is 0 Å². The highest BCUT2D eigenvalue weighted by Crippen LogP contribution is 2.23. The highest BCUT2D eigenvalue weighted by molar-refractivity contribution is 7.81. The third-order valence-electron chi connectivity index (χ3n) is 1.93. The molecule has 54 valence electrons. The summed E-state index contributed by atoms with van der Waals surface area (Å²) in [6.07, 6.45) is 0. The Balaban J connectivity index is 2.41. The SMILES string of the molecule is C[C@H]1COC[C@H](C)C1S. The fourth-order valence-corrected chi connectivity index (χ4v) is 1.37. The van der Waals surface area contributed by atoms with Gasteiger partial charge in [0, 0.05) is 5.25 Å². The maximum absolute atomic E-state index is 5.32. The molecule has 0 spiro atoms. The van der Waals surface area contributed by atoms with E-state index in [0.717, 1.165) is 13.2 Å². The molecule has 0 N–H and O–H groups in total. The van der Waals surface area contributed by atoms with Gasteiger partial charge < -0.3 is 4.74 Å². The molecule has 0 aliphatic carbocycles. The summed E-state index contributed by atoms with van der Waals surface area (Å²) in [6.45, 7) is 6.15. The van der Waals surface area contributed by atoms with E-state index in [-0.39, 0.29) is 0 Å². The molecule has 0 aromatic rings. The summed E-state index contributed by atoms with van der Waals surface area (Å²) in [7, 11) is 0. The molecule has 2 heteroatoms. The predicted molar refractivity (Wildman–Crippen MR) is 41.9 cm³/mol. The van der Waals surface area contributed by atoms with Crippen LogP contribution in [0.3, 0.4) is 0 Å². The Morgan fingerprint density at radius 1 is 1.22 bits per heavy atom. The maximum atomic E-state index is 5.32. The van der Waals surface area contributed by atoms with Crippen LogP contribution in [0, 0.1) is 11.8 Å². The summed E-state index contributed by atoms with van der Waals surface area (Å²) in [5.74, 6) is 1.24. The fraction of sp³-hybridized carbons (Fsp3) is 1.00. The molecule has 1 nitrogen and oxygen atoms in total. The van der Waals surface area contributed by atoms with Crippen molar-refractivity contribution in [2.24, 2.45) is 11.8 Å². The monoisotopic (exact) mass is 146 g/mol. The van der Waals surface area contributed by atoms with Gasteiger partial charge in [-0.05, 0) is 11.8 Å². The Labute approximate surface area is 62.2 Å². The molecule has 0 unspecified atom stereocenters. The Morgan fingerprint density at radius 2 is 1.67 bits per heavy atom. The van der Waals surface area contributed by atoms with Crippen LogP contribution in [-0.2, 0) is 4.74 Å². The molecule has 2 atom stereocenters. The van der Waals surface area contributed by atoms with Gasteiger partial charge in [-0.2, -0.15) is 12.6 Å². The lowest BCUT2D eigenvalue weighted by Crippen LogP contribution is -2.33. The summed E-state index contributed by atoms with van der Waals surface area (Å²) >= 11 is 4.47. The average Bonchev–Trinajstić information content (AvgIpc) is 1.83. The van der Waals surface area contributed by atoms with Crippen LogP contribution in [0.15, 0.2) is 0 Å². The number of hydrogen-bond donors (Lipinski definition) is 1. The summed E-state index contributed by atoms with van der Waals surface area (Å²) in [5.41, 5.74) is 0. The van der Waals surface area contributed by atoms with Gasteiger partial charge in [0.25, 0.3) is 0 Å². The Morgan fingerprint density at radius 3 is 2.00 bits per heavy atom. The first-order valence-corrected chi connectivity index (χ1v) is 3.99. The molecule has 1 heterocycles. The Bertz CT molecular complexity index is 84.9. The second kappa shape index (κ2) is 2.93. The maximum Gasteiger partial charge on any atom is 0.0502 e. The zero-order chi connectivity index (χ0) is 6.85. The summed E-state index contributed by atoms with van der Waals surface area (Å²) < 4.78 is 5.32. The molecule has 1 aliphatic rings. The van der Waals surface area contributed by atoms with Gasteiger partial charge in [0.1, 0.15) is 0 Å². The number of rotatable bonds is 0. The largest absolute Gasteiger partial charge is 0.381 e. The van der Waals surface area contributed by atoms with Gasteiger partial charge in [0.05, 0.1) is 13.2 Å². The van der Waals surface area contributed by atoms with E-state index in [1.54, 1.807) is 0 Å². The molecule has 1 saturated heterocycles. The third kappa shape index (κ3) is 1.62. The summed E-state index contributed by atoms with van der Waals surface area (Å²) in [6, 6.07) is 0. The molecular formula is C7H14OS. The molecule has 1 aliphatic heterocycles. The normalized spacial score (nSPS) is 39.0. The van der Waals surface area contributed by atoms with Crippen LogP contribution in [0.25, 0.3) is 0 Å². The Hall–Kier alpha value is 0.310. The van der Waals surface area contributed by atoms with E-state index >= 15 is 0 Å². The van der Waals surface area contributed by atoms with E-state index in [2.05, 4.69) is 26.5 Å². The molecular weight excluding hydrogens is 132 g/mol. The van der Waals surface area contributed by atoms with E-state index in [1.807, 2.05) is 0 Å². The minimum atomic E-state index is 0.541. The van der Waals surface area contributed by atoms with Crippen molar-refractivity contribution in [3.8, 4) is 0 Å². The lowest BCUT2D eigenvalue weighted by atomic mass is 9.95. The van der Waals surface area contributed by atoms with Crippen LogP contribution in [0.4, 0.5) is 0 Å². The lowest BCUT2D eigenvalue weighted by Gasteiger charge is -2.30. The number of hydrogen-bond acceptors (Lipinski definition) is 2. The van der Waals surface area contributed by atoms with Crippen molar-refractivity contribution in [1.82, 2.24) is 0 Å². The van der Waals surface area contributed by atoms with Gasteiger partial charge in [-0.1, -0.05) is 13.8 Å². The van der Waals surface area contributed by atoms with Crippen LogP contribution in [0.2, 0.25) is 0 Å². The van der Waals surface area contributed by atoms with E-state index in [4.69, 9.17) is 4.74 Å². The van der Waals surface area contributed by atoms with Gasteiger partial charge in [-0.15, -0.1) is 0 Å². The number of ether oxygens (including phenoxy) is 1. The Kier molecular flexibility index (Phi) is 2.42. The molecule has 0 aromatic heterocycles. The minimum absolute atomic E-state index is 0.541. The van der Waals surface area contributed by atoms with Crippen LogP contribution in [0.5, 0.6) is 0 Å². The smallest absolute Gasteiger partial charge is 0.0502 e. The van der Waals surface area contributed by atoms with Crippen LogP contribution < -0.4 is 0 Å². The predicted octanol–water partition coefficient (Wildman–Crippen LogP) is 1.59. The second-order valence-corrected chi connectivity index (χ2v) is 3.58. The van der Waals surface area contributed by atoms with Crippen LogP contribution >= 0.6 is 12.6 Å². The highest BCUT2D eigenvalue weighted by atomic mass is 32.1. The highest BCUT2D eigenvalue weighted by Gasteiger charge is 2.24. The first-order chi connectivity index (χ1) is 4.22. The molecule has 0 radical (unpaired) electrons. The summed E-state index contributed by atoms with van der Waals surface area (Å²) in [4.78, 5) is 0. The fourth-order valence-electron chi connectivity index (χ4n) is 1.20. The summed E-state index contributed by atoms with van der Waals surface area (Å²) in [5, 5.41) is 0.541. The van der Waals surface area contributed by atoms with Crippen molar-refractivity contribution in [3.05, 3.63) is 0 Å². The quantitative estimate of drug-likeness (QED) is 0.511. The molecule has 1 rings (SSSR count).